The van der Waals surface area contributed by atoms with Crippen molar-refractivity contribution in [3.63, 3.8) is 0 Å². The fraction of sp³-hybridized carbons (Fsp3) is 0.242. The van der Waals surface area contributed by atoms with E-state index in [1.165, 1.54) is 12.1 Å². The zero-order valence-corrected chi connectivity index (χ0v) is 25.2. The highest BCUT2D eigenvalue weighted by molar-refractivity contribution is 6.26. The maximum absolute atomic E-state index is 13.4. The monoisotopic (exact) mass is 649 g/mol. The van der Waals surface area contributed by atoms with Crippen molar-refractivity contribution in [2.75, 3.05) is 10.6 Å². The fourth-order valence-corrected chi connectivity index (χ4v) is 6.42. The van der Waals surface area contributed by atoms with Crippen LogP contribution in [0, 0.1) is 0 Å². The number of amides is 8. The molecule has 0 spiro atoms. The number of rotatable bonds is 8. The van der Waals surface area contributed by atoms with Crippen LogP contribution in [0.25, 0.3) is 0 Å². The van der Waals surface area contributed by atoms with Crippen molar-refractivity contribution in [2.24, 2.45) is 0 Å². The molecule has 4 N–H and O–H groups in total. The van der Waals surface area contributed by atoms with Gasteiger partial charge in [0.2, 0.25) is 23.6 Å². The molecule has 0 radical (unpaired) electrons. The molecule has 2 atom stereocenters. The Bertz CT molecular complexity index is 1850. The van der Waals surface area contributed by atoms with Crippen molar-refractivity contribution in [1.82, 2.24) is 25.4 Å². The second-order valence-electron chi connectivity index (χ2n) is 11.7. The molecule has 0 bridgehead atoms. The Kier molecular flexibility index (Phi) is 7.50. The summed E-state index contributed by atoms with van der Waals surface area (Å²) in [6.07, 6.45) is 0.150. The van der Waals surface area contributed by atoms with E-state index in [4.69, 9.17) is 0 Å². The molecule has 2 aromatic carbocycles. The summed E-state index contributed by atoms with van der Waals surface area (Å²) in [4.78, 5) is 108. The SMILES string of the molecule is O=C1CCC(N2C(=O)c3cccc(NCc4cccc(CNc5cccc6c5C(=O)N(C5CCC(=O)NC5=O)C6=O)n4)c3C2=O)C(=O)N1. The summed E-state index contributed by atoms with van der Waals surface area (Å²) in [7, 11) is 0. The number of imide groups is 4. The number of carbonyl (C=O) groups excluding carboxylic acids is 8. The van der Waals surface area contributed by atoms with Crippen molar-refractivity contribution >= 4 is 58.6 Å². The molecule has 15 nitrogen and oxygen atoms in total. The van der Waals surface area contributed by atoms with Gasteiger partial charge in [-0.05, 0) is 49.2 Å². The van der Waals surface area contributed by atoms with Gasteiger partial charge in [-0.1, -0.05) is 18.2 Å². The number of pyridine rings is 1. The lowest BCUT2D eigenvalue weighted by Crippen LogP contribution is -2.54. The molecule has 4 aliphatic heterocycles. The second-order valence-corrected chi connectivity index (χ2v) is 11.7. The number of benzene rings is 2. The first-order valence-corrected chi connectivity index (χ1v) is 15.2. The predicted octanol–water partition coefficient (Wildman–Crippen LogP) is 1.11. The van der Waals surface area contributed by atoms with E-state index >= 15 is 0 Å². The van der Waals surface area contributed by atoms with E-state index in [0.717, 1.165) is 9.80 Å². The molecule has 7 rings (SSSR count). The van der Waals surface area contributed by atoms with Gasteiger partial charge in [-0.15, -0.1) is 0 Å². The predicted molar refractivity (Wildman–Crippen MR) is 165 cm³/mol. The van der Waals surface area contributed by atoms with E-state index in [1.807, 2.05) is 0 Å². The van der Waals surface area contributed by atoms with Gasteiger partial charge in [0.1, 0.15) is 12.1 Å². The Hall–Kier alpha value is -6.25. The molecule has 242 valence electrons. The van der Waals surface area contributed by atoms with E-state index in [-0.39, 0.29) is 61.0 Å². The second kappa shape index (κ2) is 11.8. The summed E-state index contributed by atoms with van der Waals surface area (Å²) >= 11 is 0. The first-order chi connectivity index (χ1) is 23.1. The lowest BCUT2D eigenvalue weighted by molar-refractivity contribution is -0.137. The van der Waals surface area contributed by atoms with E-state index in [9.17, 15) is 38.4 Å². The van der Waals surface area contributed by atoms with Crippen LogP contribution in [-0.2, 0) is 32.3 Å². The zero-order chi connectivity index (χ0) is 33.7. The maximum Gasteiger partial charge on any atom is 0.264 e. The molecule has 1 aromatic heterocycles. The minimum absolute atomic E-state index is 0.0216. The fourth-order valence-electron chi connectivity index (χ4n) is 6.42. The summed E-state index contributed by atoms with van der Waals surface area (Å²) < 4.78 is 0. The summed E-state index contributed by atoms with van der Waals surface area (Å²) in [6, 6.07) is 12.7. The minimum atomic E-state index is -1.08. The molecule has 48 heavy (non-hydrogen) atoms. The number of nitrogens with one attached hydrogen (secondary N) is 4. The van der Waals surface area contributed by atoms with Gasteiger partial charge in [-0.3, -0.25) is 63.8 Å². The first-order valence-electron chi connectivity index (χ1n) is 15.2. The molecular weight excluding hydrogens is 622 g/mol. The van der Waals surface area contributed by atoms with Crippen molar-refractivity contribution in [3.05, 3.63) is 88.2 Å². The summed E-state index contributed by atoms with van der Waals surface area (Å²) in [5.41, 5.74) is 2.53. The lowest BCUT2D eigenvalue weighted by Gasteiger charge is -2.27. The minimum Gasteiger partial charge on any atom is -0.379 e. The summed E-state index contributed by atoms with van der Waals surface area (Å²) in [6.45, 7) is 0.359. The van der Waals surface area contributed by atoms with Gasteiger partial charge in [0.05, 0.1) is 46.7 Å². The molecule has 4 aliphatic rings. The molecule has 3 aromatic rings. The third-order valence-corrected chi connectivity index (χ3v) is 8.72. The molecule has 0 aliphatic carbocycles. The number of anilines is 2. The standard InChI is InChI=1S/C33H27N7O8/c41-24-12-10-22(28(43)37-24)39-30(45)18-6-2-8-20(26(18)32(39)47)34-14-16-4-1-5-17(36-16)15-35-21-9-3-7-19-27(21)33(48)40(31(19)46)23-11-13-25(42)38-29(23)44/h1-9,22-23,34-35H,10-15H2,(H,37,41,43)(H,38,42,44). The summed E-state index contributed by atoms with van der Waals surface area (Å²) in [5, 5.41) is 10.7. The molecule has 0 saturated carbocycles. The third-order valence-electron chi connectivity index (χ3n) is 8.72. The quantitative estimate of drug-likeness (QED) is 0.255. The molecule has 5 heterocycles. The maximum atomic E-state index is 13.4. The Morgan fingerprint density at radius 3 is 1.42 bits per heavy atom. The molecule has 2 unspecified atom stereocenters. The van der Waals surface area contributed by atoms with Gasteiger partial charge < -0.3 is 10.6 Å². The molecule has 2 saturated heterocycles. The van der Waals surface area contributed by atoms with Gasteiger partial charge in [0.25, 0.3) is 23.6 Å². The Labute approximate surface area is 272 Å². The number of hydrogen-bond donors (Lipinski definition) is 4. The van der Waals surface area contributed by atoms with Gasteiger partial charge in [0.15, 0.2) is 0 Å². The number of hydrogen-bond acceptors (Lipinski definition) is 11. The lowest BCUT2D eigenvalue weighted by atomic mass is 10.0. The highest BCUT2D eigenvalue weighted by Gasteiger charge is 2.47. The molecule has 8 amide bonds. The topological polar surface area (TPSA) is 204 Å². The molecular formula is C33H27N7O8. The van der Waals surface area contributed by atoms with Crippen molar-refractivity contribution in [1.29, 1.82) is 0 Å². The van der Waals surface area contributed by atoms with Crippen LogP contribution in [0.2, 0.25) is 0 Å². The highest BCUT2D eigenvalue weighted by Crippen LogP contribution is 2.34. The van der Waals surface area contributed by atoms with Crippen LogP contribution in [0.3, 0.4) is 0 Å². The third kappa shape index (κ3) is 5.14. The van der Waals surface area contributed by atoms with Crippen LogP contribution in [-0.4, -0.2) is 74.1 Å². The van der Waals surface area contributed by atoms with Gasteiger partial charge >= 0.3 is 0 Å². The van der Waals surface area contributed by atoms with E-state index in [2.05, 4.69) is 26.3 Å². The molecule has 15 heteroatoms. The van der Waals surface area contributed by atoms with Gasteiger partial charge in [0, 0.05) is 24.2 Å². The smallest absolute Gasteiger partial charge is 0.264 e. The van der Waals surface area contributed by atoms with Gasteiger partial charge in [-0.2, -0.15) is 0 Å². The van der Waals surface area contributed by atoms with E-state index in [0.29, 0.717) is 22.8 Å². The number of nitrogens with zero attached hydrogens (tertiary/aromatic N) is 3. The van der Waals surface area contributed by atoms with Crippen molar-refractivity contribution in [2.45, 2.75) is 50.9 Å². The number of aromatic nitrogens is 1. The molecule has 2 fully saturated rings. The summed E-state index contributed by atoms with van der Waals surface area (Å²) in [5.74, 6) is -4.74. The first kappa shape index (κ1) is 30.4. The average molecular weight is 650 g/mol. The van der Waals surface area contributed by atoms with Crippen LogP contribution in [0.5, 0.6) is 0 Å². The number of carbonyl (C=O) groups is 8. The van der Waals surface area contributed by atoms with Crippen LogP contribution < -0.4 is 21.3 Å². The van der Waals surface area contributed by atoms with Crippen molar-refractivity contribution in [3.8, 4) is 0 Å². The Balaban J connectivity index is 1.04. The van der Waals surface area contributed by atoms with Crippen molar-refractivity contribution < 1.29 is 38.4 Å². The van der Waals surface area contributed by atoms with Crippen LogP contribution in [0.15, 0.2) is 54.6 Å². The van der Waals surface area contributed by atoms with E-state index in [1.54, 1.807) is 42.5 Å². The highest BCUT2D eigenvalue weighted by atomic mass is 16.2. The zero-order valence-electron chi connectivity index (χ0n) is 25.2. The largest absolute Gasteiger partial charge is 0.379 e. The van der Waals surface area contributed by atoms with E-state index < -0.39 is 59.3 Å². The van der Waals surface area contributed by atoms with Crippen LogP contribution in [0.1, 0.15) is 78.5 Å². The van der Waals surface area contributed by atoms with Crippen LogP contribution >= 0.6 is 0 Å². The van der Waals surface area contributed by atoms with Gasteiger partial charge in [-0.25, -0.2) is 0 Å². The number of fused-ring (bicyclic) bond motifs is 2. The average Bonchev–Trinajstić information content (AvgIpc) is 3.48. The number of piperidine rings is 2. The van der Waals surface area contributed by atoms with Crippen LogP contribution in [0.4, 0.5) is 11.4 Å². The Morgan fingerprint density at radius 2 is 1.00 bits per heavy atom. The Morgan fingerprint density at radius 1 is 0.583 bits per heavy atom. The normalized spacial score (nSPS) is 20.5.